The lowest BCUT2D eigenvalue weighted by Gasteiger charge is -2.17. The molecule has 0 aliphatic heterocycles. The molecule has 2 rings (SSSR count). The molecular formula is C17H18BrNO4S. The maximum absolute atomic E-state index is 12.5. The van der Waals surface area contributed by atoms with Crippen LogP contribution in [-0.2, 0) is 26.0 Å². The largest absolute Gasteiger partial charge is 0.465 e. The van der Waals surface area contributed by atoms with Gasteiger partial charge in [0.2, 0.25) is 10.0 Å². The molecule has 128 valence electrons. The van der Waals surface area contributed by atoms with Gasteiger partial charge in [-0.2, -0.15) is 4.72 Å². The molecular weight excluding hydrogens is 394 g/mol. The summed E-state index contributed by atoms with van der Waals surface area (Å²) in [5.41, 5.74) is 0.842. The lowest BCUT2D eigenvalue weighted by Crippen LogP contribution is -2.43. The fourth-order valence-corrected chi connectivity index (χ4v) is 3.58. The quantitative estimate of drug-likeness (QED) is 0.710. The fraction of sp³-hybridized carbons (Fsp3) is 0.235. The van der Waals surface area contributed by atoms with Crippen LogP contribution in [0.2, 0.25) is 0 Å². The number of hydrogen-bond donors (Lipinski definition) is 1. The Morgan fingerprint density at radius 1 is 1.12 bits per heavy atom. The summed E-state index contributed by atoms with van der Waals surface area (Å²) >= 11 is 3.26. The number of esters is 1. The normalized spacial score (nSPS) is 12.6. The van der Waals surface area contributed by atoms with Gasteiger partial charge in [0.05, 0.1) is 11.5 Å². The molecule has 0 aromatic heterocycles. The Kier molecular flexibility index (Phi) is 6.53. The average molecular weight is 412 g/mol. The van der Waals surface area contributed by atoms with Crippen LogP contribution in [-0.4, -0.2) is 27.0 Å². The summed E-state index contributed by atoms with van der Waals surface area (Å²) in [5.74, 6) is -0.595. The van der Waals surface area contributed by atoms with Crippen LogP contribution in [0.1, 0.15) is 12.5 Å². The number of hydrogen-bond acceptors (Lipinski definition) is 4. The highest BCUT2D eigenvalue weighted by molar-refractivity contribution is 9.10. The van der Waals surface area contributed by atoms with Gasteiger partial charge in [-0.25, -0.2) is 8.42 Å². The van der Waals surface area contributed by atoms with E-state index in [4.69, 9.17) is 4.74 Å². The van der Waals surface area contributed by atoms with E-state index in [1.807, 2.05) is 30.3 Å². The average Bonchev–Trinajstić information content (AvgIpc) is 2.55. The first-order chi connectivity index (χ1) is 11.4. The summed E-state index contributed by atoms with van der Waals surface area (Å²) in [6, 6.07) is 14.4. The molecule has 0 aliphatic rings. The molecule has 2 aromatic rings. The Morgan fingerprint density at radius 2 is 1.75 bits per heavy atom. The monoisotopic (exact) mass is 411 g/mol. The van der Waals surface area contributed by atoms with Crippen LogP contribution in [0.15, 0.2) is 64.0 Å². The molecule has 0 saturated carbocycles. The van der Waals surface area contributed by atoms with Gasteiger partial charge in [0.1, 0.15) is 6.04 Å². The van der Waals surface area contributed by atoms with E-state index in [1.54, 1.807) is 19.1 Å². The van der Waals surface area contributed by atoms with Gasteiger partial charge in [-0.1, -0.05) is 46.3 Å². The van der Waals surface area contributed by atoms with Crippen molar-refractivity contribution in [2.45, 2.75) is 24.3 Å². The van der Waals surface area contributed by atoms with Gasteiger partial charge in [-0.3, -0.25) is 4.79 Å². The second-order valence-electron chi connectivity index (χ2n) is 5.07. The summed E-state index contributed by atoms with van der Waals surface area (Å²) < 4.78 is 33.3. The minimum atomic E-state index is -3.83. The van der Waals surface area contributed by atoms with Gasteiger partial charge in [-0.15, -0.1) is 0 Å². The van der Waals surface area contributed by atoms with Crippen molar-refractivity contribution < 1.29 is 17.9 Å². The third kappa shape index (κ3) is 5.15. The number of rotatable bonds is 7. The molecule has 0 fully saturated rings. The molecule has 1 atom stereocenters. The van der Waals surface area contributed by atoms with Crippen LogP contribution >= 0.6 is 15.9 Å². The van der Waals surface area contributed by atoms with Crippen molar-refractivity contribution in [1.29, 1.82) is 0 Å². The lowest BCUT2D eigenvalue weighted by atomic mass is 10.1. The van der Waals surface area contributed by atoms with Crippen molar-refractivity contribution in [3.8, 4) is 0 Å². The van der Waals surface area contributed by atoms with Crippen LogP contribution in [0, 0.1) is 0 Å². The molecule has 0 saturated heterocycles. The van der Waals surface area contributed by atoms with E-state index in [0.717, 1.165) is 10.0 Å². The first-order valence-electron chi connectivity index (χ1n) is 7.41. The molecule has 2 aromatic carbocycles. The number of carbonyl (C=O) groups is 1. The molecule has 0 heterocycles. The Balaban J connectivity index is 2.23. The zero-order chi connectivity index (χ0) is 17.6. The van der Waals surface area contributed by atoms with Gasteiger partial charge >= 0.3 is 5.97 Å². The molecule has 0 spiro atoms. The molecule has 24 heavy (non-hydrogen) atoms. The minimum Gasteiger partial charge on any atom is -0.465 e. The van der Waals surface area contributed by atoms with Crippen molar-refractivity contribution in [2.75, 3.05) is 6.61 Å². The van der Waals surface area contributed by atoms with Crippen LogP contribution in [0.3, 0.4) is 0 Å². The summed E-state index contributed by atoms with van der Waals surface area (Å²) in [4.78, 5) is 12.2. The number of sulfonamides is 1. The molecule has 0 unspecified atom stereocenters. The number of benzene rings is 2. The summed E-state index contributed by atoms with van der Waals surface area (Å²) in [6.07, 6.45) is 0.218. The molecule has 0 radical (unpaired) electrons. The van der Waals surface area contributed by atoms with Gasteiger partial charge in [0.15, 0.2) is 0 Å². The standard InChI is InChI=1S/C17H18BrNO4S/c1-2-23-17(20)16(12-13-6-4-3-5-7-13)19-24(21,22)15-10-8-14(18)9-11-15/h3-11,16,19H,2,12H2,1H3/t16-/m0/s1. The molecule has 0 bridgehead atoms. The second-order valence-corrected chi connectivity index (χ2v) is 7.70. The number of nitrogens with one attached hydrogen (secondary N) is 1. The van der Waals surface area contributed by atoms with Gasteiger partial charge in [0, 0.05) is 4.47 Å². The predicted molar refractivity (Wildman–Crippen MR) is 95.0 cm³/mol. The van der Waals surface area contributed by atoms with Crippen molar-refractivity contribution in [2.24, 2.45) is 0 Å². The predicted octanol–water partition coefficient (Wildman–Crippen LogP) is 2.90. The highest BCUT2D eigenvalue weighted by Gasteiger charge is 2.27. The highest BCUT2D eigenvalue weighted by atomic mass is 79.9. The second kappa shape index (κ2) is 8.41. The van der Waals surface area contributed by atoms with Crippen LogP contribution in [0.5, 0.6) is 0 Å². The third-order valence-electron chi connectivity index (χ3n) is 3.28. The Morgan fingerprint density at radius 3 is 2.33 bits per heavy atom. The molecule has 1 N–H and O–H groups in total. The van der Waals surface area contributed by atoms with Gasteiger partial charge in [-0.05, 0) is 43.2 Å². The summed E-state index contributed by atoms with van der Waals surface area (Å²) in [5, 5.41) is 0. The SMILES string of the molecule is CCOC(=O)[C@H](Cc1ccccc1)NS(=O)(=O)c1ccc(Br)cc1. The topological polar surface area (TPSA) is 72.5 Å². The molecule has 7 heteroatoms. The van der Waals surface area contributed by atoms with E-state index < -0.39 is 22.0 Å². The van der Waals surface area contributed by atoms with Crippen molar-refractivity contribution in [3.05, 3.63) is 64.6 Å². The molecule has 0 amide bonds. The maximum Gasteiger partial charge on any atom is 0.324 e. The third-order valence-corrected chi connectivity index (χ3v) is 5.29. The van der Waals surface area contributed by atoms with E-state index in [2.05, 4.69) is 20.7 Å². The van der Waals surface area contributed by atoms with Crippen LogP contribution < -0.4 is 4.72 Å². The maximum atomic E-state index is 12.5. The Bertz CT molecular complexity index is 776. The number of ether oxygens (including phenoxy) is 1. The van der Waals surface area contributed by atoms with E-state index >= 15 is 0 Å². The molecule has 5 nitrogen and oxygen atoms in total. The summed E-state index contributed by atoms with van der Waals surface area (Å²) in [6.45, 7) is 1.87. The number of halogens is 1. The first-order valence-corrected chi connectivity index (χ1v) is 9.68. The lowest BCUT2D eigenvalue weighted by molar-refractivity contribution is -0.145. The van der Waals surface area contributed by atoms with Crippen LogP contribution in [0.4, 0.5) is 0 Å². The highest BCUT2D eigenvalue weighted by Crippen LogP contribution is 2.16. The van der Waals surface area contributed by atoms with E-state index in [-0.39, 0.29) is 17.9 Å². The minimum absolute atomic E-state index is 0.0908. The van der Waals surface area contributed by atoms with E-state index in [9.17, 15) is 13.2 Å². The Hall–Kier alpha value is -1.70. The zero-order valence-corrected chi connectivity index (χ0v) is 15.5. The fourth-order valence-electron chi connectivity index (χ4n) is 2.13. The van der Waals surface area contributed by atoms with Crippen molar-refractivity contribution >= 4 is 31.9 Å². The van der Waals surface area contributed by atoms with E-state index in [0.29, 0.717) is 0 Å². The van der Waals surface area contributed by atoms with Crippen LogP contribution in [0.25, 0.3) is 0 Å². The van der Waals surface area contributed by atoms with Crippen molar-refractivity contribution in [1.82, 2.24) is 4.72 Å². The first kappa shape index (κ1) is 18.6. The van der Waals surface area contributed by atoms with Gasteiger partial charge in [0.25, 0.3) is 0 Å². The van der Waals surface area contributed by atoms with Crippen molar-refractivity contribution in [3.63, 3.8) is 0 Å². The summed E-state index contributed by atoms with van der Waals surface area (Å²) in [7, 11) is -3.83. The zero-order valence-electron chi connectivity index (χ0n) is 13.1. The number of carbonyl (C=O) groups excluding carboxylic acids is 1. The Labute approximate surface area is 150 Å². The smallest absolute Gasteiger partial charge is 0.324 e. The molecule has 0 aliphatic carbocycles. The van der Waals surface area contributed by atoms with Gasteiger partial charge < -0.3 is 4.74 Å². The van der Waals surface area contributed by atoms with E-state index in [1.165, 1.54) is 12.1 Å².